The molecular formula is C12H14BrN3O. The Kier molecular flexibility index (Phi) is 3.13. The van der Waals surface area contributed by atoms with E-state index in [0.717, 1.165) is 43.0 Å². The molecule has 4 nitrogen and oxygen atoms in total. The van der Waals surface area contributed by atoms with Crippen molar-refractivity contribution in [3.63, 3.8) is 0 Å². The molecule has 0 saturated carbocycles. The zero-order valence-corrected chi connectivity index (χ0v) is 11.1. The van der Waals surface area contributed by atoms with Crippen LogP contribution >= 0.6 is 15.9 Å². The van der Waals surface area contributed by atoms with E-state index in [1.807, 2.05) is 18.3 Å². The summed E-state index contributed by atoms with van der Waals surface area (Å²) in [5.41, 5.74) is 2.22. The third kappa shape index (κ3) is 2.36. The fourth-order valence-corrected chi connectivity index (χ4v) is 2.44. The fraction of sp³-hybridized carbons (Fsp3) is 0.417. The number of morpholine rings is 1. The predicted molar refractivity (Wildman–Crippen MR) is 69.0 cm³/mol. The average molecular weight is 296 g/mol. The van der Waals surface area contributed by atoms with Crippen LogP contribution < -0.4 is 0 Å². The van der Waals surface area contributed by atoms with Gasteiger partial charge in [0.1, 0.15) is 5.65 Å². The van der Waals surface area contributed by atoms with E-state index < -0.39 is 0 Å². The molecule has 0 bridgehead atoms. The smallest absolute Gasteiger partial charge is 0.138 e. The standard InChI is InChI=1S/C12H14BrN3O/c13-10-1-2-16-11(8-14-12(16)7-10)9-15-3-5-17-6-4-15/h1-2,7-8H,3-6,9H2. The number of halogens is 1. The van der Waals surface area contributed by atoms with Crippen molar-refractivity contribution in [1.29, 1.82) is 0 Å². The molecule has 0 spiro atoms. The molecule has 0 N–H and O–H groups in total. The first-order valence-electron chi connectivity index (χ1n) is 5.74. The van der Waals surface area contributed by atoms with Gasteiger partial charge in [-0.2, -0.15) is 0 Å². The molecule has 5 heteroatoms. The van der Waals surface area contributed by atoms with Crippen LogP contribution in [0.25, 0.3) is 5.65 Å². The monoisotopic (exact) mass is 295 g/mol. The number of aromatic nitrogens is 2. The summed E-state index contributed by atoms with van der Waals surface area (Å²) in [6, 6.07) is 4.07. The Labute approximate surface area is 108 Å². The van der Waals surface area contributed by atoms with Crippen LogP contribution in [0.15, 0.2) is 29.0 Å². The maximum atomic E-state index is 5.35. The first kappa shape index (κ1) is 11.2. The van der Waals surface area contributed by atoms with Gasteiger partial charge in [0.2, 0.25) is 0 Å². The first-order chi connectivity index (χ1) is 8.33. The molecular weight excluding hydrogens is 282 g/mol. The van der Waals surface area contributed by atoms with Crippen molar-refractivity contribution >= 4 is 21.6 Å². The van der Waals surface area contributed by atoms with Crippen molar-refractivity contribution in [3.8, 4) is 0 Å². The average Bonchev–Trinajstić information content (AvgIpc) is 2.73. The number of pyridine rings is 1. The second-order valence-electron chi connectivity index (χ2n) is 4.21. The van der Waals surface area contributed by atoms with Crippen LogP contribution in [0.4, 0.5) is 0 Å². The minimum Gasteiger partial charge on any atom is -0.379 e. The van der Waals surface area contributed by atoms with Gasteiger partial charge < -0.3 is 9.14 Å². The van der Waals surface area contributed by atoms with Gasteiger partial charge in [0, 0.05) is 30.3 Å². The van der Waals surface area contributed by atoms with Crippen molar-refractivity contribution in [3.05, 3.63) is 34.7 Å². The van der Waals surface area contributed by atoms with Gasteiger partial charge in [-0.05, 0) is 12.1 Å². The molecule has 3 rings (SSSR count). The number of nitrogens with zero attached hydrogens (tertiary/aromatic N) is 3. The van der Waals surface area contributed by atoms with Crippen molar-refractivity contribution < 1.29 is 4.74 Å². The molecule has 2 aromatic heterocycles. The third-order valence-corrected chi connectivity index (χ3v) is 3.53. The lowest BCUT2D eigenvalue weighted by atomic mass is 10.3. The van der Waals surface area contributed by atoms with Crippen LogP contribution in [-0.2, 0) is 11.3 Å². The summed E-state index contributed by atoms with van der Waals surface area (Å²) in [6.07, 6.45) is 4.01. The number of ether oxygens (including phenoxy) is 1. The van der Waals surface area contributed by atoms with Crippen LogP contribution in [0.2, 0.25) is 0 Å². The van der Waals surface area contributed by atoms with Crippen LogP contribution in [0, 0.1) is 0 Å². The van der Waals surface area contributed by atoms with Crippen LogP contribution in [0.5, 0.6) is 0 Å². The molecule has 0 aliphatic carbocycles. The molecule has 0 atom stereocenters. The molecule has 1 aliphatic heterocycles. The molecule has 0 amide bonds. The Morgan fingerprint density at radius 2 is 2.18 bits per heavy atom. The number of imidazole rings is 1. The van der Waals surface area contributed by atoms with Crippen LogP contribution in [0.1, 0.15) is 5.69 Å². The normalized spacial score (nSPS) is 17.7. The lowest BCUT2D eigenvalue weighted by molar-refractivity contribution is 0.0335. The van der Waals surface area contributed by atoms with E-state index in [1.165, 1.54) is 5.69 Å². The van der Waals surface area contributed by atoms with Gasteiger partial charge >= 0.3 is 0 Å². The van der Waals surface area contributed by atoms with E-state index in [2.05, 4.69) is 36.4 Å². The summed E-state index contributed by atoms with van der Waals surface area (Å²) < 4.78 is 8.55. The highest BCUT2D eigenvalue weighted by atomic mass is 79.9. The third-order valence-electron chi connectivity index (χ3n) is 3.04. The van der Waals surface area contributed by atoms with Gasteiger partial charge in [-0.1, -0.05) is 15.9 Å². The number of rotatable bonds is 2. The summed E-state index contributed by atoms with van der Waals surface area (Å²) in [4.78, 5) is 6.82. The van der Waals surface area contributed by atoms with Gasteiger partial charge in [-0.15, -0.1) is 0 Å². The number of hydrogen-bond acceptors (Lipinski definition) is 3. The molecule has 0 radical (unpaired) electrons. The minimum atomic E-state index is 0.836. The Morgan fingerprint density at radius 1 is 1.35 bits per heavy atom. The molecule has 0 unspecified atom stereocenters. The van der Waals surface area contributed by atoms with Gasteiger partial charge in [-0.25, -0.2) is 4.98 Å². The van der Waals surface area contributed by atoms with Gasteiger partial charge in [0.25, 0.3) is 0 Å². The number of fused-ring (bicyclic) bond motifs is 1. The van der Waals surface area contributed by atoms with Gasteiger partial charge in [0.05, 0.1) is 25.1 Å². The minimum absolute atomic E-state index is 0.836. The highest BCUT2D eigenvalue weighted by Crippen LogP contribution is 2.15. The van der Waals surface area contributed by atoms with Crippen LogP contribution in [0.3, 0.4) is 0 Å². The summed E-state index contributed by atoms with van der Waals surface area (Å²) in [7, 11) is 0. The Hall–Kier alpha value is -0.910. The van der Waals surface area contributed by atoms with Gasteiger partial charge in [0.15, 0.2) is 0 Å². The number of hydrogen-bond donors (Lipinski definition) is 0. The fourth-order valence-electron chi connectivity index (χ4n) is 2.11. The Bertz CT molecular complexity index is 519. The summed E-state index contributed by atoms with van der Waals surface area (Å²) in [5.74, 6) is 0. The second-order valence-corrected chi connectivity index (χ2v) is 5.13. The predicted octanol–water partition coefficient (Wildman–Crippen LogP) is 1.93. The highest BCUT2D eigenvalue weighted by molar-refractivity contribution is 9.10. The van der Waals surface area contributed by atoms with Crippen molar-refractivity contribution in [2.24, 2.45) is 0 Å². The Morgan fingerprint density at radius 3 is 3.00 bits per heavy atom. The van der Waals surface area contributed by atoms with E-state index in [-0.39, 0.29) is 0 Å². The molecule has 2 aromatic rings. The first-order valence-corrected chi connectivity index (χ1v) is 6.54. The highest BCUT2D eigenvalue weighted by Gasteiger charge is 2.13. The van der Waals surface area contributed by atoms with E-state index in [1.54, 1.807) is 0 Å². The largest absolute Gasteiger partial charge is 0.379 e. The quantitative estimate of drug-likeness (QED) is 0.848. The van der Waals surface area contributed by atoms with E-state index >= 15 is 0 Å². The Balaban J connectivity index is 1.84. The van der Waals surface area contributed by atoms with Crippen LogP contribution in [-0.4, -0.2) is 40.6 Å². The van der Waals surface area contributed by atoms with E-state index in [9.17, 15) is 0 Å². The SMILES string of the molecule is Brc1ccn2c(CN3CCOCC3)cnc2c1. The van der Waals surface area contributed by atoms with Crippen molar-refractivity contribution in [1.82, 2.24) is 14.3 Å². The van der Waals surface area contributed by atoms with E-state index in [4.69, 9.17) is 4.74 Å². The van der Waals surface area contributed by atoms with E-state index in [0.29, 0.717) is 0 Å². The molecule has 3 heterocycles. The molecule has 1 aliphatic rings. The summed E-state index contributed by atoms with van der Waals surface area (Å²) in [6.45, 7) is 4.62. The maximum Gasteiger partial charge on any atom is 0.138 e. The molecule has 17 heavy (non-hydrogen) atoms. The summed E-state index contributed by atoms with van der Waals surface area (Å²) >= 11 is 3.46. The molecule has 90 valence electrons. The second kappa shape index (κ2) is 4.76. The van der Waals surface area contributed by atoms with Crippen molar-refractivity contribution in [2.45, 2.75) is 6.54 Å². The molecule has 0 aromatic carbocycles. The molecule has 1 fully saturated rings. The summed E-state index contributed by atoms with van der Waals surface area (Å²) in [5, 5.41) is 0. The molecule has 1 saturated heterocycles. The lowest BCUT2D eigenvalue weighted by Gasteiger charge is -2.26. The lowest BCUT2D eigenvalue weighted by Crippen LogP contribution is -2.35. The zero-order valence-electron chi connectivity index (χ0n) is 9.47. The topological polar surface area (TPSA) is 29.8 Å². The van der Waals surface area contributed by atoms with Crippen molar-refractivity contribution in [2.75, 3.05) is 26.3 Å². The van der Waals surface area contributed by atoms with Gasteiger partial charge in [-0.3, -0.25) is 4.90 Å². The zero-order chi connectivity index (χ0) is 11.7. The maximum absolute atomic E-state index is 5.35.